The fourth-order valence-electron chi connectivity index (χ4n) is 7.16. The number of carbonyl (C=O) groups is 1. The number of fused-ring (bicyclic) bond motifs is 5. The van der Waals surface area contributed by atoms with Gasteiger partial charge in [-0.3, -0.25) is 4.79 Å². The molecule has 6 atom stereocenters. The highest BCUT2D eigenvalue weighted by atomic mass is 19.3. The van der Waals surface area contributed by atoms with Gasteiger partial charge in [0.2, 0.25) is 0 Å². The van der Waals surface area contributed by atoms with Crippen molar-refractivity contribution in [3.05, 3.63) is 11.7 Å². The van der Waals surface area contributed by atoms with Crippen molar-refractivity contribution in [3.63, 3.8) is 0 Å². The Hall–Kier alpha value is -1.30. The van der Waals surface area contributed by atoms with Crippen molar-refractivity contribution in [1.29, 1.82) is 0 Å². The Labute approximate surface area is 165 Å². The van der Waals surface area contributed by atoms with Gasteiger partial charge < -0.3 is 10.6 Å². The monoisotopic (exact) mass is 394 g/mol. The minimum absolute atomic E-state index is 0.151. The third-order valence-corrected chi connectivity index (χ3v) is 8.70. The summed E-state index contributed by atoms with van der Waals surface area (Å²) in [6.07, 6.45) is 4.52. The van der Waals surface area contributed by atoms with Gasteiger partial charge in [0.15, 0.2) is 0 Å². The molecular formula is C22H32F2N2O2. The second kappa shape index (κ2) is 7.19. The molecular weight excluding hydrogens is 362 g/mol. The fraction of sp³-hybridized carbons (Fsp3) is 0.818. The first-order valence-electron chi connectivity index (χ1n) is 10.8. The van der Waals surface area contributed by atoms with E-state index in [2.05, 4.69) is 19.0 Å². The minimum atomic E-state index is -1.52. The Balaban J connectivity index is 1.65. The van der Waals surface area contributed by atoms with Gasteiger partial charge in [0.25, 0.3) is 6.08 Å². The molecule has 6 heteroatoms. The van der Waals surface area contributed by atoms with Crippen LogP contribution < -0.4 is 5.73 Å². The third-order valence-electron chi connectivity index (χ3n) is 8.70. The summed E-state index contributed by atoms with van der Waals surface area (Å²) in [6.45, 7) is 5.05. The zero-order valence-corrected chi connectivity index (χ0v) is 17.0. The number of hydrogen-bond acceptors (Lipinski definition) is 4. The predicted molar refractivity (Wildman–Crippen MR) is 104 cm³/mol. The van der Waals surface area contributed by atoms with Crippen LogP contribution in [0.3, 0.4) is 0 Å². The van der Waals surface area contributed by atoms with E-state index in [9.17, 15) is 13.6 Å². The lowest BCUT2D eigenvalue weighted by molar-refractivity contribution is -0.134. The van der Waals surface area contributed by atoms with E-state index in [1.165, 1.54) is 0 Å². The van der Waals surface area contributed by atoms with E-state index in [0.29, 0.717) is 49.7 Å². The lowest BCUT2D eigenvalue weighted by Gasteiger charge is -2.59. The van der Waals surface area contributed by atoms with Crippen molar-refractivity contribution in [1.82, 2.24) is 0 Å². The molecule has 0 aliphatic heterocycles. The fourth-order valence-corrected chi connectivity index (χ4v) is 7.16. The number of rotatable bonds is 3. The Morgan fingerprint density at radius 3 is 2.68 bits per heavy atom. The molecule has 0 aromatic carbocycles. The van der Waals surface area contributed by atoms with Crippen LogP contribution in [-0.4, -0.2) is 24.6 Å². The highest BCUT2D eigenvalue weighted by molar-refractivity contribution is 5.87. The van der Waals surface area contributed by atoms with Gasteiger partial charge in [0, 0.05) is 18.4 Å². The number of halogens is 2. The van der Waals surface area contributed by atoms with Crippen LogP contribution in [-0.2, 0) is 9.63 Å². The van der Waals surface area contributed by atoms with Gasteiger partial charge in [0.05, 0.1) is 5.71 Å². The molecule has 1 unspecified atom stereocenters. The summed E-state index contributed by atoms with van der Waals surface area (Å²) in [5, 5.41) is 4.19. The number of nitrogens with zero attached hydrogens (tertiary/aromatic N) is 1. The van der Waals surface area contributed by atoms with E-state index < -0.39 is 6.08 Å². The molecule has 4 rings (SSSR count). The van der Waals surface area contributed by atoms with E-state index in [1.807, 2.05) is 0 Å². The SMILES string of the molecule is C[C@]12CC/C(=N/OCCN)CC1C(=C(F)F)C[C@@H]1[C@@H]2CC[C@]2(C)C(=O)CC[C@@H]12. The number of oxime groups is 1. The van der Waals surface area contributed by atoms with Gasteiger partial charge in [-0.1, -0.05) is 19.0 Å². The van der Waals surface area contributed by atoms with Crippen LogP contribution in [0.2, 0.25) is 0 Å². The molecule has 28 heavy (non-hydrogen) atoms. The van der Waals surface area contributed by atoms with Gasteiger partial charge in [0.1, 0.15) is 12.4 Å². The van der Waals surface area contributed by atoms with E-state index in [-0.39, 0.29) is 28.6 Å². The maximum Gasteiger partial charge on any atom is 0.269 e. The van der Waals surface area contributed by atoms with Crippen molar-refractivity contribution in [2.75, 3.05) is 13.2 Å². The van der Waals surface area contributed by atoms with Gasteiger partial charge >= 0.3 is 0 Å². The molecule has 0 aromatic rings. The first kappa shape index (κ1) is 20.0. The van der Waals surface area contributed by atoms with Crippen LogP contribution in [0.1, 0.15) is 65.2 Å². The number of ketones is 1. The number of nitrogens with two attached hydrogens (primary N) is 1. The van der Waals surface area contributed by atoms with Crippen LogP contribution >= 0.6 is 0 Å². The zero-order chi connectivity index (χ0) is 20.1. The lowest BCUT2D eigenvalue weighted by atomic mass is 9.44. The minimum Gasteiger partial charge on any atom is -0.395 e. The molecule has 0 radical (unpaired) electrons. The summed E-state index contributed by atoms with van der Waals surface area (Å²) in [6, 6.07) is 0. The first-order chi connectivity index (χ1) is 13.3. The molecule has 0 bridgehead atoms. The standard InChI is InChI=1S/C22H32F2N2O2/c1-21-7-5-13(26-28-10-9-25)11-18(21)15(20(23)24)12-14-16-3-4-19(27)22(16,2)8-6-17(14)21/h14,16-18H,3-12,25H2,1-2H3/b26-13-/t14-,16-,17-,18?,21+,22-/m0/s1. The smallest absolute Gasteiger partial charge is 0.269 e. The van der Waals surface area contributed by atoms with Gasteiger partial charge in [-0.05, 0) is 79.6 Å². The highest BCUT2D eigenvalue weighted by Crippen LogP contribution is 2.66. The van der Waals surface area contributed by atoms with Crippen LogP contribution in [0, 0.1) is 34.5 Å². The summed E-state index contributed by atoms with van der Waals surface area (Å²) in [5.41, 5.74) is 6.20. The van der Waals surface area contributed by atoms with Crippen LogP contribution in [0.15, 0.2) is 16.8 Å². The summed E-state index contributed by atoms with van der Waals surface area (Å²) in [4.78, 5) is 17.8. The van der Waals surface area contributed by atoms with E-state index in [1.54, 1.807) is 0 Å². The molecule has 156 valence electrons. The molecule has 0 aromatic heterocycles. The number of Topliss-reactive ketones (excluding diaryl/α,β-unsaturated/α-hetero) is 1. The van der Waals surface area contributed by atoms with E-state index >= 15 is 0 Å². The molecule has 2 N–H and O–H groups in total. The second-order valence-corrected chi connectivity index (χ2v) is 9.83. The Kier molecular flexibility index (Phi) is 5.13. The quantitative estimate of drug-likeness (QED) is 0.558. The van der Waals surface area contributed by atoms with Crippen molar-refractivity contribution in [2.45, 2.75) is 65.2 Å². The number of carbonyl (C=O) groups excluding carboxylic acids is 1. The largest absolute Gasteiger partial charge is 0.395 e. The van der Waals surface area contributed by atoms with Gasteiger partial charge in [-0.2, -0.15) is 8.78 Å². The number of allylic oxidation sites excluding steroid dienone is 1. The lowest BCUT2D eigenvalue weighted by Crippen LogP contribution is -2.54. The molecule has 4 aliphatic carbocycles. The molecule has 0 amide bonds. The van der Waals surface area contributed by atoms with Gasteiger partial charge in [-0.25, -0.2) is 0 Å². The van der Waals surface area contributed by atoms with Crippen molar-refractivity contribution in [2.24, 2.45) is 45.4 Å². The number of hydrogen-bond donors (Lipinski definition) is 1. The predicted octanol–water partition coefficient (Wildman–Crippen LogP) is 4.69. The Bertz CT molecular complexity index is 717. The zero-order valence-electron chi connectivity index (χ0n) is 17.0. The van der Waals surface area contributed by atoms with Crippen molar-refractivity contribution >= 4 is 11.5 Å². The van der Waals surface area contributed by atoms with Crippen molar-refractivity contribution < 1.29 is 18.4 Å². The van der Waals surface area contributed by atoms with Gasteiger partial charge in [-0.15, -0.1) is 0 Å². The second-order valence-electron chi connectivity index (χ2n) is 9.83. The molecule has 4 aliphatic rings. The first-order valence-corrected chi connectivity index (χ1v) is 10.8. The molecule has 4 fully saturated rings. The molecule has 4 nitrogen and oxygen atoms in total. The summed E-state index contributed by atoms with van der Waals surface area (Å²) >= 11 is 0. The molecule has 0 spiro atoms. The molecule has 0 heterocycles. The average Bonchev–Trinajstić information content (AvgIpc) is 2.96. The van der Waals surface area contributed by atoms with Crippen molar-refractivity contribution in [3.8, 4) is 0 Å². The molecule has 4 saturated carbocycles. The Morgan fingerprint density at radius 2 is 1.96 bits per heavy atom. The van der Waals surface area contributed by atoms with E-state index in [0.717, 1.165) is 37.8 Å². The maximum absolute atomic E-state index is 14.1. The summed E-state index contributed by atoms with van der Waals surface area (Å²) in [5.74, 6) is 1.05. The summed E-state index contributed by atoms with van der Waals surface area (Å²) in [7, 11) is 0. The van der Waals surface area contributed by atoms with Crippen LogP contribution in [0.4, 0.5) is 8.78 Å². The topological polar surface area (TPSA) is 64.7 Å². The van der Waals surface area contributed by atoms with E-state index in [4.69, 9.17) is 10.6 Å². The Morgan fingerprint density at radius 1 is 1.18 bits per heavy atom. The summed E-state index contributed by atoms with van der Waals surface area (Å²) < 4.78 is 28.2. The van der Waals surface area contributed by atoms with Crippen LogP contribution in [0.5, 0.6) is 0 Å². The normalized spacial score (nSPS) is 44.1. The maximum atomic E-state index is 14.1. The third kappa shape index (κ3) is 2.94. The highest BCUT2D eigenvalue weighted by Gasteiger charge is 2.61. The average molecular weight is 395 g/mol. The molecule has 0 saturated heterocycles. The van der Waals surface area contributed by atoms with Crippen LogP contribution in [0.25, 0.3) is 0 Å².